The van der Waals surface area contributed by atoms with Crippen molar-refractivity contribution in [1.82, 2.24) is 5.32 Å². The summed E-state index contributed by atoms with van der Waals surface area (Å²) >= 11 is 2.64. The van der Waals surface area contributed by atoms with Gasteiger partial charge in [-0.25, -0.2) is 0 Å². The molecule has 2 amide bonds. The van der Waals surface area contributed by atoms with Crippen LogP contribution in [0.2, 0.25) is 0 Å². The number of carbonyl (C=O) groups excluding carboxylic acids is 2. The Hall–Kier alpha value is -2.05. The maximum absolute atomic E-state index is 11.5. The highest BCUT2D eigenvalue weighted by atomic mass is 32.2. The van der Waals surface area contributed by atoms with Crippen molar-refractivity contribution >= 4 is 40.3 Å². The molecular formula is C16H13NO3S2. The zero-order valence-corrected chi connectivity index (χ0v) is 13.2. The van der Waals surface area contributed by atoms with Gasteiger partial charge in [-0.3, -0.25) is 14.9 Å². The summed E-state index contributed by atoms with van der Waals surface area (Å²) in [5, 5.41) is 3.96. The lowest BCUT2D eigenvalue weighted by molar-refractivity contribution is -0.115. The van der Waals surface area contributed by atoms with E-state index >= 15 is 0 Å². The Labute approximate surface area is 136 Å². The fourth-order valence-electron chi connectivity index (χ4n) is 1.96. The molecule has 4 nitrogen and oxygen atoms in total. The van der Waals surface area contributed by atoms with Crippen LogP contribution in [0.1, 0.15) is 10.4 Å². The predicted octanol–water partition coefficient (Wildman–Crippen LogP) is 3.69. The zero-order chi connectivity index (χ0) is 15.4. The van der Waals surface area contributed by atoms with Crippen LogP contribution in [0.5, 0.6) is 5.75 Å². The Morgan fingerprint density at radius 3 is 2.59 bits per heavy atom. The van der Waals surface area contributed by atoms with Gasteiger partial charge >= 0.3 is 0 Å². The summed E-state index contributed by atoms with van der Waals surface area (Å²) in [4.78, 5) is 24.3. The van der Waals surface area contributed by atoms with Gasteiger partial charge in [0.05, 0.1) is 11.5 Å². The second kappa shape index (κ2) is 6.81. The lowest BCUT2D eigenvalue weighted by Crippen LogP contribution is -2.17. The highest BCUT2D eigenvalue weighted by Crippen LogP contribution is 2.26. The highest BCUT2D eigenvalue weighted by Gasteiger charge is 2.24. The van der Waals surface area contributed by atoms with E-state index in [0.717, 1.165) is 29.5 Å². The number of rotatable bonds is 5. The quantitative estimate of drug-likeness (QED) is 0.849. The third-order valence-corrected chi connectivity index (χ3v) is 4.76. The summed E-state index contributed by atoms with van der Waals surface area (Å²) in [6, 6.07) is 11.6. The molecule has 1 aromatic heterocycles. The Balaban J connectivity index is 1.57. The Morgan fingerprint density at radius 2 is 1.95 bits per heavy atom. The first-order chi connectivity index (χ1) is 10.7. The van der Waals surface area contributed by atoms with E-state index < -0.39 is 0 Å². The summed E-state index contributed by atoms with van der Waals surface area (Å²) in [6.07, 6.45) is 2.59. The number of imide groups is 1. The van der Waals surface area contributed by atoms with Crippen molar-refractivity contribution in [2.24, 2.45) is 0 Å². The number of hydrogen-bond acceptors (Lipinski definition) is 5. The van der Waals surface area contributed by atoms with E-state index in [1.807, 2.05) is 30.3 Å². The van der Waals surface area contributed by atoms with Crippen LogP contribution in [0.25, 0.3) is 6.08 Å². The zero-order valence-electron chi connectivity index (χ0n) is 11.6. The molecule has 1 N–H and O–H groups in total. The van der Waals surface area contributed by atoms with Crippen molar-refractivity contribution < 1.29 is 14.3 Å². The number of thioether (sulfide) groups is 1. The molecule has 3 rings (SSSR count). The minimum atomic E-state index is -0.341. The van der Waals surface area contributed by atoms with Crippen molar-refractivity contribution in [2.45, 2.75) is 6.42 Å². The van der Waals surface area contributed by atoms with Crippen molar-refractivity contribution in [3.8, 4) is 5.75 Å². The van der Waals surface area contributed by atoms with Gasteiger partial charge in [0.15, 0.2) is 0 Å². The molecule has 0 spiro atoms. The molecule has 112 valence electrons. The van der Waals surface area contributed by atoms with Crippen LogP contribution < -0.4 is 10.1 Å². The molecule has 1 fully saturated rings. The van der Waals surface area contributed by atoms with E-state index in [1.165, 1.54) is 4.88 Å². The summed E-state index contributed by atoms with van der Waals surface area (Å²) in [6.45, 7) is 0.633. The normalized spacial score (nSPS) is 16.1. The molecular weight excluding hydrogens is 318 g/mol. The number of carbonyl (C=O) groups is 2. The number of thiophene rings is 1. The molecule has 0 unspecified atom stereocenters. The molecule has 0 saturated carbocycles. The van der Waals surface area contributed by atoms with Crippen LogP contribution in [-0.2, 0) is 11.2 Å². The van der Waals surface area contributed by atoms with Crippen molar-refractivity contribution in [1.29, 1.82) is 0 Å². The van der Waals surface area contributed by atoms with Gasteiger partial charge in [-0.2, -0.15) is 0 Å². The number of ether oxygens (including phenoxy) is 1. The predicted molar refractivity (Wildman–Crippen MR) is 89.1 cm³/mol. The minimum Gasteiger partial charge on any atom is -0.493 e. The molecule has 1 aromatic carbocycles. The minimum absolute atomic E-state index is 0.329. The van der Waals surface area contributed by atoms with Crippen LogP contribution in [0.4, 0.5) is 4.79 Å². The molecule has 22 heavy (non-hydrogen) atoms. The van der Waals surface area contributed by atoms with Crippen LogP contribution in [0.15, 0.2) is 46.7 Å². The van der Waals surface area contributed by atoms with Gasteiger partial charge in [0.25, 0.3) is 11.1 Å². The third-order valence-electron chi connectivity index (χ3n) is 3.02. The largest absolute Gasteiger partial charge is 0.493 e. The molecule has 2 heterocycles. The van der Waals surface area contributed by atoms with Gasteiger partial charge in [0.1, 0.15) is 5.75 Å². The first kappa shape index (κ1) is 14.9. The van der Waals surface area contributed by atoms with E-state index in [0.29, 0.717) is 11.5 Å². The van der Waals surface area contributed by atoms with E-state index in [4.69, 9.17) is 4.74 Å². The average Bonchev–Trinajstić information content (AvgIpc) is 3.11. The van der Waals surface area contributed by atoms with E-state index in [2.05, 4.69) is 16.8 Å². The lowest BCUT2D eigenvalue weighted by Gasteiger charge is -2.05. The number of amides is 2. The summed E-state index contributed by atoms with van der Waals surface area (Å²) in [5.41, 5.74) is 0.859. The van der Waals surface area contributed by atoms with E-state index in [1.54, 1.807) is 17.4 Å². The standard InChI is InChI=1S/C16H13NO3S2/c18-15-14(22-16(19)17-15)10-11-3-5-12(6-4-11)20-8-7-13-2-1-9-21-13/h1-6,9-10H,7-8H2,(H,17,18,19)/b14-10-. The van der Waals surface area contributed by atoms with Crippen molar-refractivity contribution in [2.75, 3.05) is 6.61 Å². The van der Waals surface area contributed by atoms with Crippen LogP contribution in [0.3, 0.4) is 0 Å². The first-order valence-corrected chi connectivity index (χ1v) is 8.40. The Bertz CT molecular complexity index is 706. The number of nitrogens with one attached hydrogen (secondary N) is 1. The first-order valence-electron chi connectivity index (χ1n) is 6.71. The van der Waals surface area contributed by atoms with Crippen molar-refractivity contribution in [3.05, 3.63) is 57.1 Å². The second-order valence-corrected chi connectivity index (χ2v) is 6.65. The van der Waals surface area contributed by atoms with Gasteiger partial charge in [-0.15, -0.1) is 11.3 Å². The lowest BCUT2D eigenvalue weighted by atomic mass is 10.2. The maximum atomic E-state index is 11.5. The number of benzene rings is 1. The Morgan fingerprint density at radius 1 is 1.14 bits per heavy atom. The second-order valence-electron chi connectivity index (χ2n) is 4.60. The molecule has 1 saturated heterocycles. The van der Waals surface area contributed by atoms with Gasteiger partial charge in [-0.05, 0) is 47.0 Å². The van der Waals surface area contributed by atoms with Gasteiger partial charge in [0, 0.05) is 11.3 Å². The van der Waals surface area contributed by atoms with Crippen LogP contribution in [-0.4, -0.2) is 17.8 Å². The summed E-state index contributed by atoms with van der Waals surface area (Å²) in [5.74, 6) is 0.449. The van der Waals surface area contributed by atoms with Gasteiger partial charge in [0.2, 0.25) is 0 Å². The third kappa shape index (κ3) is 3.78. The molecule has 0 atom stereocenters. The fraction of sp³-hybridized carbons (Fsp3) is 0.125. The Kier molecular flexibility index (Phi) is 4.60. The molecule has 1 aliphatic heterocycles. The van der Waals surface area contributed by atoms with Gasteiger partial charge < -0.3 is 4.74 Å². The highest BCUT2D eigenvalue weighted by molar-refractivity contribution is 8.18. The average molecular weight is 331 g/mol. The summed E-state index contributed by atoms with van der Waals surface area (Å²) in [7, 11) is 0. The summed E-state index contributed by atoms with van der Waals surface area (Å²) < 4.78 is 5.69. The molecule has 0 aliphatic carbocycles. The fourth-order valence-corrected chi connectivity index (χ4v) is 3.33. The van der Waals surface area contributed by atoms with Crippen molar-refractivity contribution in [3.63, 3.8) is 0 Å². The topological polar surface area (TPSA) is 55.4 Å². The SMILES string of the molecule is O=C1NC(=O)/C(=C/c2ccc(OCCc3cccs3)cc2)S1. The van der Waals surface area contributed by atoms with E-state index in [-0.39, 0.29) is 11.1 Å². The monoisotopic (exact) mass is 331 g/mol. The molecule has 2 aromatic rings. The molecule has 1 aliphatic rings. The van der Waals surface area contributed by atoms with Crippen LogP contribution in [0, 0.1) is 0 Å². The van der Waals surface area contributed by atoms with Crippen LogP contribution >= 0.6 is 23.1 Å². The van der Waals surface area contributed by atoms with E-state index in [9.17, 15) is 9.59 Å². The molecule has 6 heteroatoms. The maximum Gasteiger partial charge on any atom is 0.290 e. The smallest absolute Gasteiger partial charge is 0.290 e. The molecule has 0 bridgehead atoms. The number of hydrogen-bond donors (Lipinski definition) is 1. The molecule has 0 radical (unpaired) electrons. The van der Waals surface area contributed by atoms with Gasteiger partial charge in [-0.1, -0.05) is 18.2 Å².